The van der Waals surface area contributed by atoms with E-state index in [-0.39, 0.29) is 0 Å². The third kappa shape index (κ3) is 7.53. The van der Waals surface area contributed by atoms with Gasteiger partial charge in [-0.15, -0.1) is 8.86 Å². The first-order valence-electron chi connectivity index (χ1n) is 5.77. The van der Waals surface area contributed by atoms with Crippen LogP contribution in [0, 0.1) is 5.41 Å². The van der Waals surface area contributed by atoms with Crippen LogP contribution in [0.4, 0.5) is 0 Å². The quantitative estimate of drug-likeness (QED) is 0.506. The van der Waals surface area contributed by atoms with Gasteiger partial charge >= 0.3 is 0 Å². The van der Waals surface area contributed by atoms with Crippen LogP contribution in [0.1, 0.15) is 53.4 Å². The first-order chi connectivity index (χ1) is 6.48. The van der Waals surface area contributed by atoms with Crippen molar-refractivity contribution in [3.63, 3.8) is 0 Å². The molecule has 0 amide bonds. The van der Waals surface area contributed by atoms with Gasteiger partial charge in [0.15, 0.2) is 0 Å². The zero-order valence-electron chi connectivity index (χ0n) is 10.2. The molecular formula is C12H26NP. The van der Waals surface area contributed by atoms with Crippen LogP contribution >= 0.6 is 8.86 Å². The molecule has 0 aliphatic rings. The Morgan fingerprint density at radius 1 is 1.14 bits per heavy atom. The maximum absolute atomic E-state index is 3.73. The second kappa shape index (κ2) is 7.43. The van der Waals surface area contributed by atoms with E-state index in [1.807, 2.05) is 0 Å². The molecule has 0 radical (unpaired) electrons. The second-order valence-electron chi connectivity index (χ2n) is 4.89. The molecule has 0 aromatic carbocycles. The molecule has 0 aliphatic heterocycles. The molecule has 0 spiro atoms. The monoisotopic (exact) mass is 215 g/mol. The first-order valence-corrected chi connectivity index (χ1v) is 6.27. The van der Waals surface area contributed by atoms with Gasteiger partial charge in [-0.1, -0.05) is 34.1 Å². The van der Waals surface area contributed by atoms with E-state index in [2.05, 4.69) is 41.9 Å². The molecule has 1 nitrogen and oxygen atoms in total. The molecule has 0 saturated carbocycles. The summed E-state index contributed by atoms with van der Waals surface area (Å²) in [6, 6.07) is 0. The minimum absolute atomic E-state index is 0.318. The normalized spacial score (nSPS) is 11.7. The van der Waals surface area contributed by atoms with Crippen LogP contribution in [-0.4, -0.2) is 18.4 Å². The van der Waals surface area contributed by atoms with Crippen LogP contribution in [0.2, 0.25) is 0 Å². The van der Waals surface area contributed by atoms with Gasteiger partial charge in [0.1, 0.15) is 0 Å². The van der Waals surface area contributed by atoms with Gasteiger partial charge in [0.05, 0.1) is 0 Å². The maximum atomic E-state index is 3.73. The van der Waals surface area contributed by atoms with Gasteiger partial charge in [-0.25, -0.2) is 0 Å². The van der Waals surface area contributed by atoms with Crippen LogP contribution in [0.25, 0.3) is 0 Å². The molecule has 1 N–H and O–H groups in total. The minimum Gasteiger partial charge on any atom is -0.317 e. The summed E-state index contributed by atoms with van der Waals surface area (Å²) in [6.45, 7) is 11.2. The average molecular weight is 215 g/mol. The fourth-order valence-electron chi connectivity index (χ4n) is 1.28. The van der Waals surface area contributed by atoms with Crippen molar-refractivity contribution in [3.8, 4) is 0 Å². The predicted molar refractivity (Wildman–Crippen MR) is 69.8 cm³/mol. The number of hydrogen-bond acceptors (Lipinski definition) is 1. The molecule has 0 aromatic rings. The highest BCUT2D eigenvalue weighted by molar-refractivity contribution is 7.21. The fraction of sp³-hybridized carbons (Fsp3) is 0.917. The highest BCUT2D eigenvalue weighted by Crippen LogP contribution is 2.21. The lowest BCUT2D eigenvalue weighted by Gasteiger charge is -2.20. The zero-order valence-corrected chi connectivity index (χ0v) is 11.2. The zero-order chi connectivity index (χ0) is 11.0. The lowest BCUT2D eigenvalue weighted by molar-refractivity contribution is 0.571. The fourth-order valence-corrected chi connectivity index (χ4v) is 1.46. The molecule has 84 valence electrons. The predicted octanol–water partition coefficient (Wildman–Crippen LogP) is 3.52. The molecule has 0 atom stereocenters. The Hall–Kier alpha value is 0.130. The van der Waals surface area contributed by atoms with Crippen molar-refractivity contribution in [2.75, 3.05) is 13.1 Å². The Bertz CT molecular complexity index is 158. The molecule has 2 heteroatoms. The SMILES string of the molecule is CCNCCCCCC(=P)C(C)(C)C. The Morgan fingerprint density at radius 3 is 2.29 bits per heavy atom. The lowest BCUT2D eigenvalue weighted by atomic mass is 9.89. The molecule has 0 unspecified atom stereocenters. The van der Waals surface area contributed by atoms with E-state index in [0.717, 1.165) is 6.54 Å². The molecule has 0 bridgehead atoms. The number of rotatable bonds is 7. The summed E-state index contributed by atoms with van der Waals surface area (Å²) in [6.07, 6.45) is 5.16. The first kappa shape index (κ1) is 14.1. The number of unbranched alkanes of at least 4 members (excludes halogenated alkanes) is 2. The summed E-state index contributed by atoms with van der Waals surface area (Å²) >= 11 is 0. The van der Waals surface area contributed by atoms with Gasteiger partial charge in [-0.05, 0) is 43.1 Å². The van der Waals surface area contributed by atoms with Crippen LogP contribution in [0.3, 0.4) is 0 Å². The van der Waals surface area contributed by atoms with Gasteiger partial charge in [-0.3, -0.25) is 0 Å². The van der Waals surface area contributed by atoms with Crippen molar-refractivity contribution in [2.45, 2.75) is 53.4 Å². The third-order valence-corrected chi connectivity index (χ3v) is 3.44. The van der Waals surface area contributed by atoms with E-state index in [0.29, 0.717) is 5.41 Å². The maximum Gasteiger partial charge on any atom is -0.00490 e. The Kier molecular flexibility index (Phi) is 7.49. The summed E-state index contributed by atoms with van der Waals surface area (Å²) in [5.41, 5.74) is 0.318. The lowest BCUT2D eigenvalue weighted by Crippen LogP contribution is -2.17. The summed E-state index contributed by atoms with van der Waals surface area (Å²) in [5, 5.41) is 4.79. The molecule has 0 aliphatic carbocycles. The standard InChI is InChI=1S/C12H26NP/c1-5-13-10-8-6-7-9-11(14)12(2,3)4/h13-14H,5-10H2,1-4H3. The van der Waals surface area contributed by atoms with E-state index in [9.17, 15) is 0 Å². The Morgan fingerprint density at radius 2 is 1.79 bits per heavy atom. The highest BCUT2D eigenvalue weighted by Gasteiger charge is 2.14. The van der Waals surface area contributed by atoms with Crippen molar-refractivity contribution < 1.29 is 0 Å². The summed E-state index contributed by atoms with van der Waals surface area (Å²) in [7, 11) is 3.73. The summed E-state index contributed by atoms with van der Waals surface area (Å²) in [5.74, 6) is 0. The van der Waals surface area contributed by atoms with Crippen LogP contribution in [0.5, 0.6) is 0 Å². The average Bonchev–Trinajstić information content (AvgIpc) is 2.09. The molecule has 14 heavy (non-hydrogen) atoms. The molecule has 0 heterocycles. The molecule has 0 fully saturated rings. The summed E-state index contributed by atoms with van der Waals surface area (Å²) in [4.78, 5) is 0. The van der Waals surface area contributed by atoms with Crippen molar-refractivity contribution in [2.24, 2.45) is 5.41 Å². The van der Waals surface area contributed by atoms with E-state index in [4.69, 9.17) is 0 Å². The van der Waals surface area contributed by atoms with Crippen molar-refractivity contribution in [1.82, 2.24) is 5.32 Å². The van der Waals surface area contributed by atoms with E-state index in [1.54, 1.807) is 0 Å². The van der Waals surface area contributed by atoms with Crippen LogP contribution in [0.15, 0.2) is 0 Å². The molecule has 0 saturated heterocycles. The van der Waals surface area contributed by atoms with Gasteiger partial charge in [0.25, 0.3) is 0 Å². The van der Waals surface area contributed by atoms with Crippen molar-refractivity contribution in [1.29, 1.82) is 0 Å². The van der Waals surface area contributed by atoms with Gasteiger partial charge in [0.2, 0.25) is 0 Å². The summed E-state index contributed by atoms with van der Waals surface area (Å²) < 4.78 is 0. The second-order valence-corrected chi connectivity index (χ2v) is 5.50. The van der Waals surface area contributed by atoms with Gasteiger partial charge < -0.3 is 5.32 Å². The van der Waals surface area contributed by atoms with E-state index >= 15 is 0 Å². The van der Waals surface area contributed by atoms with Gasteiger partial charge in [0, 0.05) is 0 Å². The van der Waals surface area contributed by atoms with E-state index in [1.165, 1.54) is 37.5 Å². The van der Waals surface area contributed by atoms with Crippen molar-refractivity contribution in [3.05, 3.63) is 0 Å². The molecule has 0 aromatic heterocycles. The Labute approximate surface area is 91.9 Å². The molecular weight excluding hydrogens is 189 g/mol. The van der Waals surface area contributed by atoms with Gasteiger partial charge in [-0.2, -0.15) is 0 Å². The third-order valence-electron chi connectivity index (χ3n) is 2.44. The highest BCUT2D eigenvalue weighted by atomic mass is 31.0. The smallest absolute Gasteiger partial charge is 0.00490 e. The number of nitrogens with one attached hydrogen (secondary N) is 1. The largest absolute Gasteiger partial charge is 0.317 e. The van der Waals surface area contributed by atoms with E-state index < -0.39 is 0 Å². The van der Waals surface area contributed by atoms with Crippen LogP contribution in [-0.2, 0) is 0 Å². The van der Waals surface area contributed by atoms with Crippen LogP contribution < -0.4 is 5.32 Å². The Balaban J connectivity index is 3.33. The van der Waals surface area contributed by atoms with Crippen molar-refractivity contribution >= 4 is 14.2 Å². The molecule has 0 rings (SSSR count). The number of hydrogen-bond donors (Lipinski definition) is 1. The topological polar surface area (TPSA) is 12.0 Å². The minimum atomic E-state index is 0.318.